The van der Waals surface area contributed by atoms with E-state index in [0.717, 1.165) is 18.8 Å². The number of hydrogen-bond acceptors (Lipinski definition) is 4. The van der Waals surface area contributed by atoms with Crippen molar-refractivity contribution < 1.29 is 4.79 Å². The summed E-state index contributed by atoms with van der Waals surface area (Å²) in [6, 6.07) is 17.1. The normalized spacial score (nSPS) is 13.8. The van der Waals surface area contributed by atoms with E-state index in [4.69, 9.17) is 5.26 Å². The molecule has 2 N–H and O–H groups in total. The number of carbonyl (C=O) groups excluding carboxylic acids is 1. The zero-order chi connectivity index (χ0) is 17.5. The number of amides is 1. The first kappa shape index (κ1) is 16.8. The van der Waals surface area contributed by atoms with E-state index in [0.29, 0.717) is 11.3 Å². The molecule has 0 radical (unpaired) electrons. The fourth-order valence-electron chi connectivity index (χ4n) is 2.96. The number of rotatable bonds is 5. The summed E-state index contributed by atoms with van der Waals surface area (Å²) in [5, 5.41) is 14.7. The molecule has 1 saturated heterocycles. The Balaban J connectivity index is 1.48. The summed E-state index contributed by atoms with van der Waals surface area (Å²) in [6.07, 6.45) is 3.84. The van der Waals surface area contributed by atoms with E-state index in [1.54, 1.807) is 24.3 Å². The molecule has 0 aliphatic carbocycles. The summed E-state index contributed by atoms with van der Waals surface area (Å²) in [4.78, 5) is 14.4. The van der Waals surface area contributed by atoms with Crippen LogP contribution < -0.4 is 15.5 Å². The van der Waals surface area contributed by atoms with Crippen molar-refractivity contribution in [2.24, 2.45) is 0 Å². The molecular weight excluding hydrogens is 312 g/mol. The molecule has 3 rings (SSSR count). The van der Waals surface area contributed by atoms with Gasteiger partial charge in [0.2, 0.25) is 5.91 Å². The third kappa shape index (κ3) is 4.74. The number of carbonyl (C=O) groups is 1. The number of benzene rings is 2. The first-order valence-electron chi connectivity index (χ1n) is 8.63. The molecule has 0 saturated carbocycles. The Morgan fingerprint density at radius 2 is 1.60 bits per heavy atom. The van der Waals surface area contributed by atoms with Gasteiger partial charge in [-0.25, -0.2) is 0 Å². The number of nitrogens with zero attached hydrogens (tertiary/aromatic N) is 2. The minimum absolute atomic E-state index is 0.121. The Morgan fingerprint density at radius 1 is 0.960 bits per heavy atom. The van der Waals surface area contributed by atoms with Gasteiger partial charge >= 0.3 is 0 Å². The lowest BCUT2D eigenvalue weighted by molar-refractivity contribution is -0.114. The van der Waals surface area contributed by atoms with E-state index < -0.39 is 0 Å². The molecule has 0 spiro atoms. The smallest absolute Gasteiger partial charge is 0.243 e. The van der Waals surface area contributed by atoms with Crippen molar-refractivity contribution >= 4 is 23.0 Å². The summed E-state index contributed by atoms with van der Waals surface area (Å²) in [5.74, 6) is -0.121. The van der Waals surface area contributed by atoms with Crippen LogP contribution in [0.2, 0.25) is 0 Å². The maximum atomic E-state index is 12.0. The molecule has 2 aromatic carbocycles. The highest BCUT2D eigenvalue weighted by molar-refractivity contribution is 5.93. The predicted molar refractivity (Wildman–Crippen MR) is 101 cm³/mol. The molecule has 1 fully saturated rings. The van der Waals surface area contributed by atoms with Crippen LogP contribution in [0.5, 0.6) is 0 Å². The highest BCUT2D eigenvalue weighted by atomic mass is 16.1. The van der Waals surface area contributed by atoms with Crippen molar-refractivity contribution in [3.05, 3.63) is 54.1 Å². The van der Waals surface area contributed by atoms with Crippen molar-refractivity contribution in [1.29, 1.82) is 5.26 Å². The van der Waals surface area contributed by atoms with E-state index in [1.165, 1.54) is 24.9 Å². The number of nitrogens with one attached hydrogen (secondary N) is 2. The van der Waals surface area contributed by atoms with Crippen LogP contribution in [0, 0.1) is 11.3 Å². The Hall–Kier alpha value is -3.00. The van der Waals surface area contributed by atoms with Crippen LogP contribution in [0.3, 0.4) is 0 Å². The molecule has 0 aromatic heterocycles. The monoisotopic (exact) mass is 334 g/mol. The molecule has 0 bridgehead atoms. The average molecular weight is 334 g/mol. The number of piperidine rings is 1. The summed E-state index contributed by atoms with van der Waals surface area (Å²) in [5.41, 5.74) is 3.43. The van der Waals surface area contributed by atoms with Gasteiger partial charge in [-0.15, -0.1) is 0 Å². The van der Waals surface area contributed by atoms with Gasteiger partial charge in [0.25, 0.3) is 0 Å². The van der Waals surface area contributed by atoms with Gasteiger partial charge in [-0.05, 0) is 67.8 Å². The van der Waals surface area contributed by atoms with Crippen LogP contribution in [-0.2, 0) is 4.79 Å². The van der Waals surface area contributed by atoms with Crippen molar-refractivity contribution in [3.63, 3.8) is 0 Å². The van der Waals surface area contributed by atoms with Crippen LogP contribution in [-0.4, -0.2) is 25.5 Å². The zero-order valence-corrected chi connectivity index (χ0v) is 14.2. The lowest BCUT2D eigenvalue weighted by atomic mass is 10.1. The summed E-state index contributed by atoms with van der Waals surface area (Å²) in [6.45, 7) is 2.45. The van der Waals surface area contributed by atoms with Crippen molar-refractivity contribution in [1.82, 2.24) is 0 Å². The van der Waals surface area contributed by atoms with E-state index >= 15 is 0 Å². The zero-order valence-electron chi connectivity index (χ0n) is 14.2. The van der Waals surface area contributed by atoms with Crippen molar-refractivity contribution in [2.45, 2.75) is 19.3 Å². The molecule has 25 heavy (non-hydrogen) atoms. The van der Waals surface area contributed by atoms with E-state index in [9.17, 15) is 4.79 Å². The Kier molecular flexibility index (Phi) is 5.53. The lowest BCUT2D eigenvalue weighted by Gasteiger charge is -2.28. The maximum Gasteiger partial charge on any atom is 0.243 e. The fourth-order valence-corrected chi connectivity index (χ4v) is 2.96. The van der Waals surface area contributed by atoms with Crippen molar-refractivity contribution in [3.8, 4) is 6.07 Å². The van der Waals surface area contributed by atoms with E-state index in [-0.39, 0.29) is 12.5 Å². The largest absolute Gasteiger partial charge is 0.376 e. The summed E-state index contributed by atoms with van der Waals surface area (Å²) in [7, 11) is 0. The molecule has 1 heterocycles. The Morgan fingerprint density at radius 3 is 2.24 bits per heavy atom. The SMILES string of the molecule is N#Cc1ccc(NC(=O)CNc2ccc(N3CCCCC3)cc2)cc1. The first-order valence-corrected chi connectivity index (χ1v) is 8.63. The molecule has 1 amide bonds. The minimum Gasteiger partial charge on any atom is -0.376 e. The molecule has 128 valence electrons. The second-order valence-corrected chi connectivity index (χ2v) is 6.19. The highest BCUT2D eigenvalue weighted by Gasteiger charge is 2.10. The standard InChI is InChI=1S/C20H22N4O/c21-14-16-4-6-18(7-5-16)23-20(25)15-22-17-8-10-19(11-9-17)24-12-2-1-3-13-24/h4-11,22H,1-3,12-13,15H2,(H,23,25). The highest BCUT2D eigenvalue weighted by Crippen LogP contribution is 2.21. The van der Waals surface area contributed by atoms with Crippen molar-refractivity contribution in [2.75, 3.05) is 35.2 Å². The molecule has 2 aromatic rings. The van der Waals surface area contributed by atoms with Gasteiger partial charge in [0.05, 0.1) is 18.2 Å². The van der Waals surface area contributed by atoms with Gasteiger partial charge in [-0.1, -0.05) is 0 Å². The second-order valence-electron chi connectivity index (χ2n) is 6.19. The van der Waals surface area contributed by atoms with E-state index in [2.05, 4.69) is 33.7 Å². The van der Waals surface area contributed by atoms with Crippen LogP contribution in [0.25, 0.3) is 0 Å². The second kappa shape index (κ2) is 8.20. The number of nitriles is 1. The molecule has 5 nitrogen and oxygen atoms in total. The number of anilines is 3. The Labute approximate surface area is 148 Å². The summed E-state index contributed by atoms with van der Waals surface area (Å²) >= 11 is 0. The molecule has 1 aliphatic heterocycles. The average Bonchev–Trinajstić information content (AvgIpc) is 2.68. The summed E-state index contributed by atoms with van der Waals surface area (Å²) < 4.78 is 0. The third-order valence-corrected chi connectivity index (χ3v) is 4.34. The van der Waals surface area contributed by atoms with Crippen LogP contribution in [0.4, 0.5) is 17.1 Å². The van der Waals surface area contributed by atoms with Gasteiger partial charge in [-0.2, -0.15) is 5.26 Å². The minimum atomic E-state index is -0.121. The van der Waals surface area contributed by atoms with Crippen LogP contribution in [0.15, 0.2) is 48.5 Å². The fraction of sp³-hybridized carbons (Fsp3) is 0.300. The number of hydrogen-bond donors (Lipinski definition) is 2. The molecular formula is C20H22N4O. The molecule has 1 aliphatic rings. The predicted octanol–water partition coefficient (Wildman–Crippen LogP) is 3.60. The maximum absolute atomic E-state index is 12.0. The first-order chi connectivity index (χ1) is 12.2. The van der Waals surface area contributed by atoms with Crippen LogP contribution >= 0.6 is 0 Å². The third-order valence-electron chi connectivity index (χ3n) is 4.34. The van der Waals surface area contributed by atoms with Gasteiger partial charge in [0, 0.05) is 30.2 Å². The van der Waals surface area contributed by atoms with Gasteiger partial charge in [0.1, 0.15) is 0 Å². The van der Waals surface area contributed by atoms with E-state index in [1.807, 2.05) is 12.1 Å². The molecule has 0 unspecified atom stereocenters. The Bertz CT molecular complexity index is 741. The van der Waals surface area contributed by atoms with Gasteiger partial charge < -0.3 is 15.5 Å². The topological polar surface area (TPSA) is 68.2 Å². The van der Waals surface area contributed by atoms with Crippen LogP contribution in [0.1, 0.15) is 24.8 Å². The van der Waals surface area contributed by atoms with Gasteiger partial charge in [0.15, 0.2) is 0 Å². The lowest BCUT2D eigenvalue weighted by Crippen LogP contribution is -2.29. The quantitative estimate of drug-likeness (QED) is 0.877. The molecule has 5 heteroatoms. The van der Waals surface area contributed by atoms with Gasteiger partial charge in [-0.3, -0.25) is 4.79 Å². The molecule has 0 atom stereocenters.